The van der Waals surface area contributed by atoms with Crippen molar-refractivity contribution >= 4 is 33.2 Å². The highest BCUT2D eigenvalue weighted by Crippen LogP contribution is 2.33. The first-order valence-electron chi connectivity index (χ1n) is 9.53. The smallest absolute Gasteiger partial charge is 0.332 e. The first-order chi connectivity index (χ1) is 13.9. The molecule has 152 valence electrons. The monoisotopic (exact) mass is 413 g/mol. The van der Waals surface area contributed by atoms with Crippen LogP contribution in [-0.2, 0) is 14.1 Å². The number of Topliss-reactive ketones (excluding diaryl/α,β-unsaturated/α-hetero) is 1. The zero-order valence-electron chi connectivity index (χ0n) is 16.4. The zero-order valence-corrected chi connectivity index (χ0v) is 17.2. The van der Waals surface area contributed by atoms with E-state index in [1.54, 1.807) is 11.3 Å². The Morgan fingerprint density at radius 3 is 2.55 bits per heavy atom. The Hall–Kier alpha value is -2.78. The van der Waals surface area contributed by atoms with Gasteiger partial charge in [0.1, 0.15) is 11.4 Å². The minimum Gasteiger partial charge on any atom is -0.384 e. The first-order valence-corrected chi connectivity index (χ1v) is 10.3. The molecule has 0 spiro atoms. The average molecular weight is 414 g/mol. The molecule has 1 saturated heterocycles. The summed E-state index contributed by atoms with van der Waals surface area (Å²) in [6.07, 6.45) is 1.82. The van der Waals surface area contributed by atoms with Crippen LogP contribution >= 0.6 is 11.3 Å². The van der Waals surface area contributed by atoms with E-state index < -0.39 is 11.2 Å². The number of nitrogens with zero attached hydrogens (tertiary/aromatic N) is 4. The fourth-order valence-corrected chi connectivity index (χ4v) is 4.94. The van der Waals surface area contributed by atoms with Gasteiger partial charge >= 0.3 is 5.69 Å². The van der Waals surface area contributed by atoms with Gasteiger partial charge < -0.3 is 5.73 Å². The number of para-hydroxylation sites is 1. The van der Waals surface area contributed by atoms with Crippen LogP contribution in [-0.4, -0.2) is 44.4 Å². The third kappa shape index (κ3) is 3.51. The van der Waals surface area contributed by atoms with Crippen molar-refractivity contribution in [3.63, 3.8) is 0 Å². The molecule has 2 aromatic heterocycles. The number of likely N-dealkylation sites (tertiary alicyclic amines) is 1. The molecule has 2 N–H and O–H groups in total. The van der Waals surface area contributed by atoms with Crippen molar-refractivity contribution in [2.75, 3.05) is 25.4 Å². The van der Waals surface area contributed by atoms with E-state index in [1.807, 2.05) is 23.1 Å². The van der Waals surface area contributed by atoms with Gasteiger partial charge in [-0.1, -0.05) is 12.1 Å². The van der Waals surface area contributed by atoms with Crippen LogP contribution < -0.4 is 17.0 Å². The lowest BCUT2D eigenvalue weighted by atomic mass is 9.97. The predicted octanol–water partition coefficient (Wildman–Crippen LogP) is 1.34. The third-order valence-corrected chi connectivity index (χ3v) is 6.80. The molecule has 1 aromatic carbocycles. The number of carbonyl (C=O) groups is 1. The lowest BCUT2D eigenvalue weighted by Gasteiger charge is -2.30. The maximum atomic E-state index is 12.8. The predicted molar refractivity (Wildman–Crippen MR) is 114 cm³/mol. The van der Waals surface area contributed by atoms with Crippen molar-refractivity contribution < 1.29 is 4.79 Å². The van der Waals surface area contributed by atoms with E-state index in [-0.39, 0.29) is 23.7 Å². The Bertz CT molecular complexity index is 1170. The quantitative estimate of drug-likeness (QED) is 0.648. The number of nitrogen functional groups attached to an aromatic ring is 1. The summed E-state index contributed by atoms with van der Waals surface area (Å²) in [6, 6.07) is 8.13. The third-order valence-electron chi connectivity index (χ3n) is 5.60. The van der Waals surface area contributed by atoms with Crippen LogP contribution in [0.25, 0.3) is 10.2 Å². The van der Waals surface area contributed by atoms with Gasteiger partial charge in [0, 0.05) is 20.0 Å². The number of hydrogen-bond acceptors (Lipinski definition) is 7. The molecule has 9 heteroatoms. The van der Waals surface area contributed by atoms with Crippen molar-refractivity contribution in [2.24, 2.45) is 14.1 Å². The van der Waals surface area contributed by atoms with Crippen molar-refractivity contribution in [3.8, 4) is 0 Å². The molecular weight excluding hydrogens is 390 g/mol. The summed E-state index contributed by atoms with van der Waals surface area (Å²) < 4.78 is 3.25. The second-order valence-electron chi connectivity index (χ2n) is 7.46. The van der Waals surface area contributed by atoms with Crippen molar-refractivity contribution in [1.82, 2.24) is 19.0 Å². The summed E-state index contributed by atoms with van der Waals surface area (Å²) in [5.41, 5.74) is 5.64. The summed E-state index contributed by atoms with van der Waals surface area (Å²) in [4.78, 5) is 43.9. The molecule has 0 unspecified atom stereocenters. The van der Waals surface area contributed by atoms with Gasteiger partial charge in [-0.25, -0.2) is 9.78 Å². The first kappa shape index (κ1) is 19.5. The van der Waals surface area contributed by atoms with Gasteiger partial charge in [-0.05, 0) is 38.1 Å². The molecule has 0 saturated carbocycles. The van der Waals surface area contributed by atoms with Gasteiger partial charge in [-0.15, -0.1) is 11.3 Å². The van der Waals surface area contributed by atoms with Crippen LogP contribution in [0.3, 0.4) is 0 Å². The number of thiazole rings is 1. The number of aromatic nitrogens is 3. The van der Waals surface area contributed by atoms with E-state index in [4.69, 9.17) is 10.7 Å². The Morgan fingerprint density at radius 1 is 1.17 bits per heavy atom. The summed E-state index contributed by atoms with van der Waals surface area (Å²) in [7, 11) is 2.81. The summed E-state index contributed by atoms with van der Waals surface area (Å²) in [5, 5.41) is 1.15. The van der Waals surface area contributed by atoms with E-state index in [0.29, 0.717) is 5.92 Å². The summed E-state index contributed by atoms with van der Waals surface area (Å²) in [5.74, 6) is -0.0427. The second-order valence-corrected chi connectivity index (χ2v) is 8.52. The van der Waals surface area contributed by atoms with E-state index in [1.165, 1.54) is 18.8 Å². The largest absolute Gasteiger partial charge is 0.384 e. The zero-order chi connectivity index (χ0) is 20.7. The van der Waals surface area contributed by atoms with Gasteiger partial charge in [0.15, 0.2) is 5.78 Å². The molecule has 3 aromatic rings. The molecule has 1 fully saturated rings. The average Bonchev–Trinajstić information content (AvgIpc) is 3.16. The van der Waals surface area contributed by atoms with E-state index in [0.717, 1.165) is 45.6 Å². The number of anilines is 1. The molecule has 0 radical (unpaired) electrons. The topological polar surface area (TPSA) is 103 Å². The molecule has 0 amide bonds. The number of nitrogens with two attached hydrogens (primary N) is 1. The molecule has 0 atom stereocenters. The molecule has 1 aliphatic rings. The van der Waals surface area contributed by atoms with E-state index >= 15 is 0 Å². The molecule has 4 rings (SSSR count). The van der Waals surface area contributed by atoms with E-state index in [2.05, 4.69) is 6.07 Å². The normalized spacial score (nSPS) is 15.8. The summed E-state index contributed by atoms with van der Waals surface area (Å²) >= 11 is 1.73. The SMILES string of the molecule is Cn1c(N)c(C(=O)CN2CCC(c3nc4ccccc4s3)CC2)c(=O)n(C)c1=O. The minimum atomic E-state index is -0.639. The Balaban J connectivity index is 1.45. The number of piperidine rings is 1. The molecule has 8 nitrogen and oxygen atoms in total. The van der Waals surface area contributed by atoms with Crippen LogP contribution in [0.1, 0.15) is 34.1 Å². The molecule has 3 heterocycles. The highest BCUT2D eigenvalue weighted by atomic mass is 32.1. The number of benzene rings is 1. The van der Waals surface area contributed by atoms with Gasteiger partial charge in [-0.2, -0.15) is 0 Å². The van der Waals surface area contributed by atoms with Crippen LogP contribution in [0, 0.1) is 0 Å². The van der Waals surface area contributed by atoms with Crippen LogP contribution in [0.5, 0.6) is 0 Å². The lowest BCUT2D eigenvalue weighted by molar-refractivity contribution is 0.0907. The molecule has 1 aliphatic heterocycles. The highest BCUT2D eigenvalue weighted by Gasteiger charge is 2.27. The molecule has 29 heavy (non-hydrogen) atoms. The summed E-state index contributed by atoms with van der Waals surface area (Å²) in [6.45, 7) is 1.61. The Kier molecular flexibility index (Phi) is 5.10. The minimum absolute atomic E-state index is 0.0764. The van der Waals surface area contributed by atoms with Crippen LogP contribution in [0.4, 0.5) is 5.82 Å². The molecular formula is C20H23N5O3S. The maximum absolute atomic E-state index is 12.8. The van der Waals surface area contributed by atoms with Crippen molar-refractivity contribution in [2.45, 2.75) is 18.8 Å². The molecule has 0 bridgehead atoms. The van der Waals surface area contributed by atoms with Gasteiger partial charge in [0.05, 0.1) is 21.8 Å². The van der Waals surface area contributed by atoms with Crippen LogP contribution in [0.15, 0.2) is 33.9 Å². The highest BCUT2D eigenvalue weighted by molar-refractivity contribution is 7.18. The molecule has 0 aliphatic carbocycles. The standard InChI is InChI=1S/C20H23N5O3S/c1-23-17(21)16(19(27)24(2)20(23)28)14(26)11-25-9-7-12(8-10-25)18-22-13-5-3-4-6-15(13)29-18/h3-6,12H,7-11,21H2,1-2H3. The van der Waals surface area contributed by atoms with Crippen molar-refractivity contribution in [3.05, 3.63) is 55.7 Å². The van der Waals surface area contributed by atoms with Crippen molar-refractivity contribution in [1.29, 1.82) is 0 Å². The number of fused-ring (bicyclic) bond motifs is 1. The Labute approximate surface area is 171 Å². The number of carbonyl (C=O) groups excluding carboxylic acids is 1. The number of ketones is 1. The fraction of sp³-hybridized carbons (Fsp3) is 0.400. The van der Waals surface area contributed by atoms with Gasteiger partial charge in [0.25, 0.3) is 5.56 Å². The number of hydrogen-bond donors (Lipinski definition) is 1. The van der Waals surface area contributed by atoms with Crippen LogP contribution in [0.2, 0.25) is 0 Å². The fourth-order valence-electron chi connectivity index (χ4n) is 3.81. The second kappa shape index (κ2) is 7.57. The Morgan fingerprint density at radius 2 is 1.86 bits per heavy atom. The van der Waals surface area contributed by atoms with Gasteiger partial charge in [-0.3, -0.25) is 23.6 Å². The number of rotatable bonds is 4. The maximum Gasteiger partial charge on any atom is 0.332 e. The lowest BCUT2D eigenvalue weighted by Crippen LogP contribution is -2.44. The van der Waals surface area contributed by atoms with Gasteiger partial charge in [0.2, 0.25) is 0 Å². The van der Waals surface area contributed by atoms with E-state index in [9.17, 15) is 14.4 Å².